The van der Waals surface area contributed by atoms with Gasteiger partial charge in [0.1, 0.15) is 11.3 Å². The summed E-state index contributed by atoms with van der Waals surface area (Å²) >= 11 is 5.12. The van der Waals surface area contributed by atoms with Gasteiger partial charge in [-0.2, -0.15) is 5.10 Å². The normalized spacial score (nSPS) is 11.3. The summed E-state index contributed by atoms with van der Waals surface area (Å²) < 4.78 is 30.2. The van der Waals surface area contributed by atoms with Crippen LogP contribution in [0.2, 0.25) is 0 Å². The zero-order chi connectivity index (χ0) is 17.4. The van der Waals surface area contributed by atoms with Crippen molar-refractivity contribution in [2.24, 2.45) is 7.05 Å². The lowest BCUT2D eigenvalue weighted by molar-refractivity contribution is 0.153. The highest BCUT2D eigenvalue weighted by atomic mass is 32.1. The summed E-state index contributed by atoms with van der Waals surface area (Å²) in [6, 6.07) is 2.84. The molecule has 6 nitrogen and oxygen atoms in total. The van der Waals surface area contributed by atoms with Gasteiger partial charge in [0.15, 0.2) is 4.77 Å². The fraction of sp³-hybridized carbons (Fsp3) is 0.200. The predicted molar refractivity (Wildman–Crippen MR) is 88.5 cm³/mol. The summed E-state index contributed by atoms with van der Waals surface area (Å²) in [5.74, 6) is 0. The molecule has 0 saturated heterocycles. The molecule has 3 aromatic rings. The summed E-state index contributed by atoms with van der Waals surface area (Å²) in [5, 5.41) is 4.00. The number of alkyl halides is 2. The number of hydrogen-bond acceptors (Lipinski definition) is 4. The lowest BCUT2D eigenvalue weighted by Crippen LogP contribution is -2.17. The molecule has 124 valence electrons. The van der Waals surface area contributed by atoms with Crippen LogP contribution in [0, 0.1) is 4.77 Å². The Morgan fingerprint density at radius 2 is 2.21 bits per heavy atom. The van der Waals surface area contributed by atoms with Gasteiger partial charge in [0.25, 0.3) is 12.0 Å². The van der Waals surface area contributed by atoms with Gasteiger partial charge >= 0.3 is 0 Å². The Labute approximate surface area is 140 Å². The zero-order valence-electron chi connectivity index (χ0n) is 12.7. The molecule has 3 heterocycles. The maximum atomic E-state index is 13.5. The third kappa shape index (κ3) is 2.67. The molecule has 0 saturated carbocycles. The summed E-state index contributed by atoms with van der Waals surface area (Å²) in [6.07, 6.45) is 0.384. The Morgan fingerprint density at radius 1 is 1.46 bits per heavy atom. The molecular weight excluding hydrogens is 336 g/mol. The van der Waals surface area contributed by atoms with E-state index in [4.69, 9.17) is 12.2 Å². The lowest BCUT2D eigenvalue weighted by Gasteiger charge is -2.12. The summed E-state index contributed by atoms with van der Waals surface area (Å²) in [4.78, 5) is 18.9. The SMILES string of the molecule is C=CCn1c(=S)[nH]c(=O)c2c(C(F)F)cc(-c3ccn(C)n3)nc21. The number of halogens is 2. The first-order valence-electron chi connectivity index (χ1n) is 6.99. The second-order valence-corrected chi connectivity index (χ2v) is 5.52. The van der Waals surface area contributed by atoms with Gasteiger partial charge < -0.3 is 0 Å². The Morgan fingerprint density at radius 3 is 2.79 bits per heavy atom. The molecule has 0 bridgehead atoms. The zero-order valence-corrected chi connectivity index (χ0v) is 13.5. The quantitative estimate of drug-likeness (QED) is 0.581. The maximum Gasteiger partial charge on any atom is 0.264 e. The van der Waals surface area contributed by atoms with E-state index in [2.05, 4.69) is 21.6 Å². The number of allylic oxidation sites excluding steroid dienone is 1. The molecule has 0 aliphatic heterocycles. The highest BCUT2D eigenvalue weighted by Gasteiger charge is 2.20. The van der Waals surface area contributed by atoms with Gasteiger partial charge in [-0.15, -0.1) is 6.58 Å². The van der Waals surface area contributed by atoms with Gasteiger partial charge in [0.2, 0.25) is 0 Å². The summed E-state index contributed by atoms with van der Waals surface area (Å²) in [6.45, 7) is 3.85. The number of H-pyrrole nitrogens is 1. The molecule has 1 N–H and O–H groups in total. The Bertz CT molecular complexity index is 1050. The molecule has 0 unspecified atom stereocenters. The van der Waals surface area contributed by atoms with Gasteiger partial charge in [0, 0.05) is 25.4 Å². The number of pyridine rings is 1. The van der Waals surface area contributed by atoms with Crippen molar-refractivity contribution in [1.82, 2.24) is 24.3 Å². The van der Waals surface area contributed by atoms with Gasteiger partial charge in [0.05, 0.1) is 11.1 Å². The second-order valence-electron chi connectivity index (χ2n) is 5.13. The van der Waals surface area contributed by atoms with Crippen LogP contribution in [0.3, 0.4) is 0 Å². The fourth-order valence-electron chi connectivity index (χ4n) is 2.46. The van der Waals surface area contributed by atoms with Crippen molar-refractivity contribution in [3.63, 3.8) is 0 Å². The molecule has 3 rings (SSSR count). The monoisotopic (exact) mass is 349 g/mol. The molecular formula is C15H13F2N5OS. The first-order chi connectivity index (χ1) is 11.4. The Kier molecular flexibility index (Phi) is 4.10. The van der Waals surface area contributed by atoms with Gasteiger partial charge in [-0.05, 0) is 24.4 Å². The van der Waals surface area contributed by atoms with Crippen LogP contribution in [0.1, 0.15) is 12.0 Å². The summed E-state index contributed by atoms with van der Waals surface area (Å²) in [7, 11) is 1.71. The average molecular weight is 349 g/mol. The molecule has 0 radical (unpaired) electrons. The van der Waals surface area contributed by atoms with Crippen LogP contribution in [0.15, 0.2) is 35.8 Å². The Hall–Kier alpha value is -2.68. The molecule has 0 fully saturated rings. The van der Waals surface area contributed by atoms with E-state index in [1.165, 1.54) is 15.3 Å². The van der Waals surface area contributed by atoms with Crippen molar-refractivity contribution in [3.05, 3.63) is 51.7 Å². The number of aromatic amines is 1. The first-order valence-corrected chi connectivity index (χ1v) is 7.40. The van der Waals surface area contributed by atoms with Crippen LogP contribution in [0.4, 0.5) is 8.78 Å². The highest BCUT2D eigenvalue weighted by Crippen LogP contribution is 2.28. The van der Waals surface area contributed by atoms with Crippen molar-refractivity contribution < 1.29 is 8.78 Å². The van der Waals surface area contributed by atoms with Crippen LogP contribution in [0.25, 0.3) is 22.4 Å². The van der Waals surface area contributed by atoms with Gasteiger partial charge in [-0.1, -0.05) is 6.08 Å². The third-order valence-corrected chi connectivity index (χ3v) is 3.82. The van der Waals surface area contributed by atoms with Crippen LogP contribution in [-0.2, 0) is 13.6 Å². The lowest BCUT2D eigenvalue weighted by atomic mass is 10.1. The number of rotatable bonds is 4. The molecule has 0 aliphatic carbocycles. The smallest absolute Gasteiger partial charge is 0.264 e. The minimum atomic E-state index is -2.84. The van der Waals surface area contributed by atoms with E-state index in [0.717, 1.165) is 0 Å². The molecule has 0 aromatic carbocycles. The molecule has 24 heavy (non-hydrogen) atoms. The van der Waals surface area contributed by atoms with Crippen molar-refractivity contribution in [2.45, 2.75) is 13.0 Å². The number of aromatic nitrogens is 5. The molecule has 0 atom stereocenters. The average Bonchev–Trinajstić information content (AvgIpc) is 2.96. The fourth-order valence-corrected chi connectivity index (χ4v) is 2.71. The van der Waals surface area contributed by atoms with Crippen LogP contribution in [-0.4, -0.2) is 24.3 Å². The number of nitrogens with one attached hydrogen (secondary N) is 1. The predicted octanol–water partition coefficient (Wildman–Crippen LogP) is 2.98. The van der Waals surface area contributed by atoms with E-state index in [9.17, 15) is 13.6 Å². The van der Waals surface area contributed by atoms with Crippen molar-refractivity contribution in [1.29, 1.82) is 0 Å². The van der Waals surface area contributed by atoms with E-state index in [1.807, 2.05) is 0 Å². The molecule has 0 amide bonds. The number of hydrogen-bond donors (Lipinski definition) is 1. The number of aryl methyl sites for hydroxylation is 1. The minimum absolute atomic E-state index is 0.0853. The van der Waals surface area contributed by atoms with Crippen molar-refractivity contribution >= 4 is 23.3 Å². The standard InChI is InChI=1S/C15H13F2N5OS/c1-3-5-22-13-11(14(23)19-15(22)24)8(12(16)17)7-10(18-13)9-4-6-21(2)20-9/h3-4,6-7,12H,1,5H2,2H3,(H,19,23,24). The van der Waals surface area contributed by atoms with Gasteiger partial charge in [-0.25, -0.2) is 13.8 Å². The second kappa shape index (κ2) is 6.08. The molecule has 9 heteroatoms. The topological polar surface area (TPSA) is 68.5 Å². The third-order valence-electron chi connectivity index (χ3n) is 3.50. The molecule has 3 aromatic heterocycles. The molecule has 0 spiro atoms. The van der Waals surface area contributed by atoms with Crippen LogP contribution >= 0.6 is 12.2 Å². The van der Waals surface area contributed by atoms with Crippen LogP contribution < -0.4 is 5.56 Å². The van der Waals surface area contributed by atoms with E-state index in [-0.39, 0.29) is 28.0 Å². The van der Waals surface area contributed by atoms with Crippen LogP contribution in [0.5, 0.6) is 0 Å². The van der Waals surface area contributed by atoms with E-state index in [0.29, 0.717) is 5.69 Å². The Balaban J connectivity index is 2.46. The van der Waals surface area contributed by atoms with E-state index in [1.54, 1.807) is 25.4 Å². The maximum absolute atomic E-state index is 13.5. The number of fused-ring (bicyclic) bond motifs is 1. The van der Waals surface area contributed by atoms with E-state index >= 15 is 0 Å². The van der Waals surface area contributed by atoms with Gasteiger partial charge in [-0.3, -0.25) is 19.0 Å². The molecule has 0 aliphatic rings. The highest BCUT2D eigenvalue weighted by molar-refractivity contribution is 7.71. The summed E-state index contributed by atoms with van der Waals surface area (Å²) in [5.41, 5.74) is -0.337. The van der Waals surface area contributed by atoms with E-state index < -0.39 is 17.5 Å². The van der Waals surface area contributed by atoms with Crippen molar-refractivity contribution in [2.75, 3.05) is 0 Å². The largest absolute Gasteiger partial charge is 0.299 e. The first kappa shape index (κ1) is 16.2. The minimum Gasteiger partial charge on any atom is -0.299 e. The number of nitrogens with zero attached hydrogens (tertiary/aromatic N) is 4. The van der Waals surface area contributed by atoms with Crippen molar-refractivity contribution in [3.8, 4) is 11.4 Å².